The molecule has 0 bridgehead atoms. The van der Waals surface area contributed by atoms with E-state index in [0.29, 0.717) is 11.1 Å². The van der Waals surface area contributed by atoms with Crippen molar-refractivity contribution in [3.63, 3.8) is 0 Å². The maximum absolute atomic E-state index is 8.29. The van der Waals surface area contributed by atoms with E-state index in [9.17, 15) is 0 Å². The molecule has 0 fully saturated rings. The minimum absolute atomic E-state index is 0.715. The van der Waals surface area contributed by atoms with Gasteiger partial charge in [0.25, 0.3) is 0 Å². The first kappa shape index (κ1) is 29.4. The standard InChI is InChI=1S/2C7H5N.3C2H6.CH4O/c2*8-6-7-4-2-1-3-5-7;4*1-2/h2*1-5H;3*1-2H3;2H,1H3. The van der Waals surface area contributed by atoms with Gasteiger partial charge in [-0.15, -0.1) is 0 Å². The van der Waals surface area contributed by atoms with E-state index in [0.717, 1.165) is 7.11 Å². The highest BCUT2D eigenvalue weighted by Crippen LogP contribution is 1.93. The van der Waals surface area contributed by atoms with E-state index >= 15 is 0 Å². The Hall–Kier alpha value is -2.62. The van der Waals surface area contributed by atoms with Gasteiger partial charge in [-0.3, -0.25) is 0 Å². The van der Waals surface area contributed by atoms with Crippen molar-refractivity contribution in [2.24, 2.45) is 0 Å². The van der Waals surface area contributed by atoms with Crippen molar-refractivity contribution in [3.8, 4) is 12.1 Å². The molecule has 3 heteroatoms. The summed E-state index contributed by atoms with van der Waals surface area (Å²) in [5.74, 6) is 0. The monoisotopic (exact) mass is 328 g/mol. The quantitative estimate of drug-likeness (QED) is 0.664. The lowest BCUT2D eigenvalue weighted by molar-refractivity contribution is 0.399. The molecule has 0 aliphatic heterocycles. The minimum atomic E-state index is 0.715. The van der Waals surface area contributed by atoms with Crippen LogP contribution in [-0.2, 0) is 0 Å². The van der Waals surface area contributed by atoms with E-state index in [4.69, 9.17) is 15.6 Å². The second kappa shape index (κ2) is 32.4. The van der Waals surface area contributed by atoms with Gasteiger partial charge < -0.3 is 5.11 Å². The van der Waals surface area contributed by atoms with Crippen LogP contribution in [0.15, 0.2) is 60.7 Å². The SMILES string of the molecule is CC.CC.CC.CO.N#Cc1ccccc1.N#Cc1ccccc1. The molecule has 0 aromatic heterocycles. The first-order valence-electron chi connectivity index (χ1n) is 8.22. The second-order valence-electron chi connectivity index (χ2n) is 2.96. The molecule has 0 radical (unpaired) electrons. The number of benzene rings is 2. The van der Waals surface area contributed by atoms with E-state index in [2.05, 4.69) is 0 Å². The van der Waals surface area contributed by atoms with Crippen LogP contribution in [0.3, 0.4) is 0 Å². The predicted molar refractivity (Wildman–Crippen MR) is 105 cm³/mol. The van der Waals surface area contributed by atoms with Crippen molar-refractivity contribution < 1.29 is 5.11 Å². The van der Waals surface area contributed by atoms with Gasteiger partial charge in [0.2, 0.25) is 0 Å². The van der Waals surface area contributed by atoms with Crippen LogP contribution in [0.5, 0.6) is 0 Å². The summed E-state index contributed by atoms with van der Waals surface area (Å²) in [6, 6.07) is 22.3. The van der Waals surface area contributed by atoms with E-state index in [1.165, 1.54) is 0 Å². The third-order valence-corrected chi connectivity index (χ3v) is 1.81. The van der Waals surface area contributed by atoms with Crippen molar-refractivity contribution in [1.82, 2.24) is 0 Å². The van der Waals surface area contributed by atoms with Crippen LogP contribution in [0.4, 0.5) is 0 Å². The molecule has 0 aliphatic carbocycles. The molecule has 0 aliphatic rings. The number of aliphatic hydroxyl groups excluding tert-OH is 1. The van der Waals surface area contributed by atoms with E-state index in [-0.39, 0.29) is 0 Å². The molecule has 0 saturated carbocycles. The topological polar surface area (TPSA) is 67.8 Å². The van der Waals surface area contributed by atoms with Crippen LogP contribution in [0.1, 0.15) is 52.7 Å². The van der Waals surface area contributed by atoms with Gasteiger partial charge in [0, 0.05) is 7.11 Å². The first-order chi connectivity index (χ1) is 11.9. The first-order valence-corrected chi connectivity index (χ1v) is 8.22. The maximum Gasteiger partial charge on any atom is 0.0991 e. The Morgan fingerprint density at radius 2 is 0.750 bits per heavy atom. The average molecular weight is 329 g/mol. The molecule has 0 heterocycles. The number of rotatable bonds is 0. The molecule has 0 saturated heterocycles. The highest BCUT2D eigenvalue weighted by Gasteiger charge is 1.80. The summed E-state index contributed by atoms with van der Waals surface area (Å²) >= 11 is 0. The van der Waals surface area contributed by atoms with Gasteiger partial charge in [0.15, 0.2) is 0 Å². The molecule has 2 rings (SSSR count). The van der Waals surface area contributed by atoms with Crippen molar-refractivity contribution in [2.75, 3.05) is 7.11 Å². The molecule has 1 N–H and O–H groups in total. The Morgan fingerprint density at radius 3 is 0.875 bits per heavy atom. The van der Waals surface area contributed by atoms with Gasteiger partial charge in [-0.25, -0.2) is 0 Å². The van der Waals surface area contributed by atoms with Crippen molar-refractivity contribution in [1.29, 1.82) is 10.5 Å². The number of nitrogens with zero attached hydrogens (tertiary/aromatic N) is 2. The Bertz CT molecular complexity index is 447. The van der Waals surface area contributed by atoms with Crippen molar-refractivity contribution in [2.45, 2.75) is 41.5 Å². The zero-order chi connectivity index (χ0) is 19.6. The van der Waals surface area contributed by atoms with Gasteiger partial charge in [0.1, 0.15) is 0 Å². The highest BCUT2D eigenvalue weighted by atomic mass is 16.2. The van der Waals surface area contributed by atoms with Crippen molar-refractivity contribution >= 4 is 0 Å². The minimum Gasteiger partial charge on any atom is -0.400 e. The molecule has 2 aromatic rings. The summed E-state index contributed by atoms with van der Waals surface area (Å²) < 4.78 is 0. The third kappa shape index (κ3) is 21.7. The highest BCUT2D eigenvalue weighted by molar-refractivity contribution is 5.27. The Kier molecular flexibility index (Phi) is 39.6. The maximum atomic E-state index is 8.29. The summed E-state index contributed by atoms with van der Waals surface area (Å²) in [7, 11) is 1.00. The fourth-order valence-corrected chi connectivity index (χ4v) is 1.03. The van der Waals surface area contributed by atoms with Gasteiger partial charge >= 0.3 is 0 Å². The Morgan fingerprint density at radius 1 is 0.542 bits per heavy atom. The van der Waals surface area contributed by atoms with Gasteiger partial charge in [0.05, 0.1) is 23.3 Å². The zero-order valence-corrected chi connectivity index (χ0v) is 16.1. The Labute approximate surface area is 148 Å². The molecule has 24 heavy (non-hydrogen) atoms. The lowest BCUT2D eigenvalue weighted by Crippen LogP contribution is -1.66. The van der Waals surface area contributed by atoms with Gasteiger partial charge in [-0.1, -0.05) is 77.9 Å². The van der Waals surface area contributed by atoms with Gasteiger partial charge in [-0.2, -0.15) is 10.5 Å². The Balaban J connectivity index is -0.000000118. The number of nitriles is 2. The molecule has 132 valence electrons. The van der Waals surface area contributed by atoms with E-state index in [1.807, 2.05) is 90.1 Å². The molecule has 2 aromatic carbocycles. The zero-order valence-electron chi connectivity index (χ0n) is 16.1. The summed E-state index contributed by atoms with van der Waals surface area (Å²) in [5, 5.41) is 23.6. The van der Waals surface area contributed by atoms with Crippen molar-refractivity contribution in [3.05, 3.63) is 71.8 Å². The molecule has 0 atom stereocenters. The summed E-state index contributed by atoms with van der Waals surface area (Å²) in [4.78, 5) is 0. The lowest BCUT2D eigenvalue weighted by Gasteiger charge is -1.80. The third-order valence-electron chi connectivity index (χ3n) is 1.81. The van der Waals surface area contributed by atoms with E-state index < -0.39 is 0 Å². The smallest absolute Gasteiger partial charge is 0.0991 e. The largest absolute Gasteiger partial charge is 0.400 e. The fraction of sp³-hybridized carbons (Fsp3) is 0.333. The summed E-state index contributed by atoms with van der Waals surface area (Å²) in [6.07, 6.45) is 0. The van der Waals surface area contributed by atoms with Crippen LogP contribution in [0.2, 0.25) is 0 Å². The number of hydrogen-bond donors (Lipinski definition) is 1. The molecule has 0 unspecified atom stereocenters. The molecule has 0 amide bonds. The lowest BCUT2D eigenvalue weighted by atomic mass is 10.2. The summed E-state index contributed by atoms with van der Waals surface area (Å²) in [5.41, 5.74) is 1.43. The molecule has 0 spiro atoms. The van der Waals surface area contributed by atoms with Crippen LogP contribution in [-0.4, -0.2) is 12.2 Å². The van der Waals surface area contributed by atoms with E-state index in [1.54, 1.807) is 24.3 Å². The molecular formula is C21H32N2O. The predicted octanol–water partition coefficient (Wildman–Crippen LogP) is 5.80. The fourth-order valence-electron chi connectivity index (χ4n) is 1.03. The number of hydrogen-bond acceptors (Lipinski definition) is 3. The molecule has 3 nitrogen and oxygen atoms in total. The van der Waals surface area contributed by atoms with Crippen LogP contribution in [0.25, 0.3) is 0 Å². The summed E-state index contributed by atoms with van der Waals surface area (Å²) in [6.45, 7) is 12.0. The number of aliphatic hydroxyl groups is 1. The average Bonchev–Trinajstić information content (AvgIpc) is 2.75. The second-order valence-corrected chi connectivity index (χ2v) is 2.96. The van der Waals surface area contributed by atoms with Gasteiger partial charge in [-0.05, 0) is 24.3 Å². The van der Waals surface area contributed by atoms with Crippen LogP contribution in [0, 0.1) is 22.7 Å². The van der Waals surface area contributed by atoms with Crippen LogP contribution < -0.4 is 0 Å². The molecular weight excluding hydrogens is 296 g/mol. The van der Waals surface area contributed by atoms with Crippen LogP contribution >= 0.6 is 0 Å². The normalized spacial score (nSPS) is 6.25.